The van der Waals surface area contributed by atoms with E-state index in [0.29, 0.717) is 34.6 Å². The van der Waals surface area contributed by atoms with Crippen LogP contribution in [0.1, 0.15) is 6.42 Å². The lowest BCUT2D eigenvalue weighted by Gasteiger charge is -2.17. The Morgan fingerprint density at radius 2 is 2.00 bits per heavy atom. The van der Waals surface area contributed by atoms with Gasteiger partial charge in [-0.05, 0) is 36.4 Å². The Hall–Kier alpha value is -3.61. The third-order valence-electron chi connectivity index (χ3n) is 4.75. The van der Waals surface area contributed by atoms with E-state index in [9.17, 15) is 14.4 Å². The van der Waals surface area contributed by atoms with E-state index >= 15 is 0 Å². The molecule has 2 heterocycles. The topological polar surface area (TPSA) is 88.8 Å². The third-order valence-corrected chi connectivity index (χ3v) is 4.75. The zero-order chi connectivity index (χ0) is 19.7. The van der Waals surface area contributed by atoms with Crippen molar-refractivity contribution in [1.29, 1.82) is 0 Å². The van der Waals surface area contributed by atoms with E-state index in [0.717, 1.165) is 0 Å². The van der Waals surface area contributed by atoms with Crippen molar-refractivity contribution < 1.29 is 18.7 Å². The Bertz CT molecular complexity index is 1120. The number of ether oxygens (including phenoxy) is 1. The number of nitrogens with one attached hydrogen (secondary N) is 1. The van der Waals surface area contributed by atoms with Gasteiger partial charge in [0, 0.05) is 41.9 Å². The molecule has 1 aromatic heterocycles. The Balaban J connectivity index is 1.49. The van der Waals surface area contributed by atoms with Gasteiger partial charge in [0.25, 0.3) is 0 Å². The molecule has 3 aromatic rings. The second-order valence-electron chi connectivity index (χ2n) is 6.60. The van der Waals surface area contributed by atoms with Crippen LogP contribution in [0.4, 0.5) is 11.4 Å². The summed E-state index contributed by atoms with van der Waals surface area (Å²) in [4.78, 5) is 37.9. The molecule has 142 valence electrons. The number of nitrogens with zero attached hydrogens (tertiary/aromatic N) is 1. The maximum Gasteiger partial charge on any atom is 0.336 e. The summed E-state index contributed by atoms with van der Waals surface area (Å²) in [6.45, 7) is 0.306. The van der Waals surface area contributed by atoms with E-state index in [1.807, 2.05) is 12.1 Å². The van der Waals surface area contributed by atoms with Crippen molar-refractivity contribution in [3.63, 3.8) is 0 Å². The average Bonchev–Trinajstić information content (AvgIpc) is 3.10. The molecule has 1 saturated heterocycles. The van der Waals surface area contributed by atoms with Crippen molar-refractivity contribution in [3.05, 3.63) is 65.0 Å². The van der Waals surface area contributed by atoms with Crippen LogP contribution in [-0.4, -0.2) is 25.5 Å². The molecule has 2 aromatic carbocycles. The van der Waals surface area contributed by atoms with Crippen LogP contribution in [-0.2, 0) is 9.59 Å². The molecule has 2 amide bonds. The van der Waals surface area contributed by atoms with Gasteiger partial charge in [0.1, 0.15) is 11.3 Å². The number of benzene rings is 2. The molecule has 28 heavy (non-hydrogen) atoms. The average molecular weight is 378 g/mol. The smallest absolute Gasteiger partial charge is 0.336 e. The van der Waals surface area contributed by atoms with Crippen LogP contribution in [0.15, 0.2) is 63.8 Å². The van der Waals surface area contributed by atoms with E-state index in [1.165, 1.54) is 6.07 Å². The monoisotopic (exact) mass is 378 g/mol. The van der Waals surface area contributed by atoms with Crippen molar-refractivity contribution in [3.8, 4) is 5.75 Å². The van der Waals surface area contributed by atoms with Gasteiger partial charge >= 0.3 is 5.63 Å². The maximum atomic E-state index is 12.7. The summed E-state index contributed by atoms with van der Waals surface area (Å²) in [5.41, 5.74) is 1.32. The maximum absolute atomic E-state index is 12.7. The van der Waals surface area contributed by atoms with Crippen LogP contribution in [0.5, 0.6) is 5.75 Å². The molecule has 0 unspecified atom stereocenters. The third kappa shape index (κ3) is 3.46. The number of hydrogen-bond donors (Lipinski definition) is 1. The lowest BCUT2D eigenvalue weighted by Crippen LogP contribution is -2.28. The summed E-state index contributed by atoms with van der Waals surface area (Å²) in [6, 6.07) is 15.2. The first-order chi connectivity index (χ1) is 13.5. The zero-order valence-electron chi connectivity index (χ0n) is 15.2. The normalized spacial score (nSPS) is 16.4. The summed E-state index contributed by atoms with van der Waals surface area (Å²) in [5, 5.41) is 3.55. The number of rotatable bonds is 4. The summed E-state index contributed by atoms with van der Waals surface area (Å²) >= 11 is 0. The minimum absolute atomic E-state index is 0.103. The fraction of sp³-hybridized carbons (Fsp3) is 0.190. The fourth-order valence-corrected chi connectivity index (χ4v) is 3.31. The molecule has 0 spiro atoms. The van der Waals surface area contributed by atoms with E-state index in [4.69, 9.17) is 9.15 Å². The molecule has 1 aliphatic rings. The van der Waals surface area contributed by atoms with E-state index < -0.39 is 11.5 Å². The lowest BCUT2D eigenvalue weighted by molar-refractivity contribution is -0.122. The van der Waals surface area contributed by atoms with E-state index in [2.05, 4.69) is 5.32 Å². The number of methoxy groups -OCH3 is 1. The van der Waals surface area contributed by atoms with Crippen molar-refractivity contribution in [2.24, 2.45) is 5.92 Å². The Kier molecular flexibility index (Phi) is 4.57. The van der Waals surface area contributed by atoms with Crippen LogP contribution < -0.4 is 20.6 Å². The first-order valence-electron chi connectivity index (χ1n) is 8.83. The molecule has 0 aliphatic carbocycles. The lowest BCUT2D eigenvalue weighted by atomic mass is 10.1. The summed E-state index contributed by atoms with van der Waals surface area (Å²) in [5.74, 6) is -0.131. The largest absolute Gasteiger partial charge is 0.497 e. The molecular weight excluding hydrogens is 360 g/mol. The Labute approximate surface area is 160 Å². The predicted octanol–water partition coefficient (Wildman–Crippen LogP) is 2.79. The van der Waals surface area contributed by atoms with Crippen molar-refractivity contribution >= 4 is 34.2 Å². The molecule has 7 heteroatoms. The molecule has 1 fully saturated rings. The van der Waals surface area contributed by atoms with Gasteiger partial charge in [0.15, 0.2) is 0 Å². The molecule has 1 N–H and O–H groups in total. The van der Waals surface area contributed by atoms with Gasteiger partial charge < -0.3 is 19.4 Å². The van der Waals surface area contributed by atoms with Gasteiger partial charge in [-0.25, -0.2) is 4.79 Å². The molecule has 1 aliphatic heterocycles. The highest BCUT2D eigenvalue weighted by molar-refractivity contribution is 6.04. The Morgan fingerprint density at radius 3 is 2.82 bits per heavy atom. The number of fused-ring (bicyclic) bond motifs is 1. The Morgan fingerprint density at radius 1 is 1.14 bits per heavy atom. The van der Waals surface area contributed by atoms with E-state index in [1.54, 1.807) is 48.4 Å². The second-order valence-corrected chi connectivity index (χ2v) is 6.60. The molecule has 0 saturated carbocycles. The minimum atomic E-state index is -0.455. The van der Waals surface area contributed by atoms with Gasteiger partial charge in [-0.2, -0.15) is 0 Å². The highest BCUT2D eigenvalue weighted by Gasteiger charge is 2.35. The van der Waals surface area contributed by atoms with Crippen LogP contribution in [0.25, 0.3) is 11.0 Å². The number of anilines is 2. The molecular formula is C21H18N2O5. The van der Waals surface area contributed by atoms with Gasteiger partial charge in [-0.1, -0.05) is 6.07 Å². The van der Waals surface area contributed by atoms with Gasteiger partial charge in [0.2, 0.25) is 11.8 Å². The van der Waals surface area contributed by atoms with Gasteiger partial charge in [0.05, 0.1) is 13.0 Å². The van der Waals surface area contributed by atoms with Crippen LogP contribution in [0.3, 0.4) is 0 Å². The number of hydrogen-bond acceptors (Lipinski definition) is 5. The van der Waals surface area contributed by atoms with Crippen LogP contribution >= 0.6 is 0 Å². The van der Waals surface area contributed by atoms with Crippen molar-refractivity contribution in [1.82, 2.24) is 0 Å². The fourth-order valence-electron chi connectivity index (χ4n) is 3.31. The quantitative estimate of drug-likeness (QED) is 0.705. The standard InChI is InChI=1S/C21H18N2O5/c1-27-17-4-2-3-16(11-17)23-12-14(10-19(23)24)21(26)22-15-6-7-18-13(9-15)5-8-20(25)28-18/h2-9,11,14H,10,12H2,1H3,(H,22,26)/t14-/m1/s1. The van der Waals surface area contributed by atoms with Gasteiger partial charge in [-0.15, -0.1) is 0 Å². The first kappa shape index (κ1) is 17.8. The molecule has 4 rings (SSSR count). The summed E-state index contributed by atoms with van der Waals surface area (Å²) < 4.78 is 10.3. The number of amides is 2. The number of carbonyl (C=O) groups excluding carboxylic acids is 2. The van der Waals surface area contributed by atoms with Crippen LogP contribution in [0, 0.1) is 5.92 Å². The molecule has 1 atom stereocenters. The highest BCUT2D eigenvalue weighted by Crippen LogP contribution is 2.28. The SMILES string of the molecule is COc1cccc(N2C[C@H](C(=O)Nc3ccc4oc(=O)ccc4c3)CC2=O)c1. The highest BCUT2D eigenvalue weighted by atomic mass is 16.5. The zero-order valence-corrected chi connectivity index (χ0v) is 15.2. The summed E-state index contributed by atoms with van der Waals surface area (Å²) in [6.07, 6.45) is 0.144. The molecule has 0 bridgehead atoms. The summed E-state index contributed by atoms with van der Waals surface area (Å²) in [7, 11) is 1.57. The second kappa shape index (κ2) is 7.19. The van der Waals surface area contributed by atoms with E-state index in [-0.39, 0.29) is 18.2 Å². The van der Waals surface area contributed by atoms with Crippen molar-refractivity contribution in [2.45, 2.75) is 6.42 Å². The molecule has 7 nitrogen and oxygen atoms in total. The van der Waals surface area contributed by atoms with Crippen molar-refractivity contribution in [2.75, 3.05) is 23.9 Å². The number of carbonyl (C=O) groups is 2. The van der Waals surface area contributed by atoms with Crippen LogP contribution in [0.2, 0.25) is 0 Å². The minimum Gasteiger partial charge on any atom is -0.497 e. The molecule has 0 radical (unpaired) electrons. The van der Waals surface area contributed by atoms with Gasteiger partial charge in [-0.3, -0.25) is 9.59 Å². The first-order valence-corrected chi connectivity index (χ1v) is 8.83. The predicted molar refractivity (Wildman–Crippen MR) is 105 cm³/mol.